The van der Waals surface area contributed by atoms with Crippen LogP contribution in [0.3, 0.4) is 0 Å². The molecule has 0 fully saturated rings. The van der Waals surface area contributed by atoms with Crippen LogP contribution in [0.5, 0.6) is 0 Å². The van der Waals surface area contributed by atoms with Crippen LogP contribution < -0.4 is 9.80 Å². The Bertz CT molecular complexity index is 2640. The summed E-state index contributed by atoms with van der Waals surface area (Å²) >= 11 is 1.91. The fraction of sp³-hybridized carbons (Fsp3) is 0.259. The van der Waals surface area contributed by atoms with Crippen LogP contribution in [0.4, 0.5) is 34.1 Å². The summed E-state index contributed by atoms with van der Waals surface area (Å²) in [6.45, 7) is 18.2. The summed E-state index contributed by atoms with van der Waals surface area (Å²) in [7, 11) is 0. The van der Waals surface area contributed by atoms with Gasteiger partial charge in [-0.2, -0.15) is 0 Å². The van der Waals surface area contributed by atoms with Gasteiger partial charge in [-0.15, -0.1) is 11.3 Å². The largest absolute Gasteiger partial charge is 0.310 e. The third-order valence-corrected chi connectivity index (χ3v) is 12.4. The van der Waals surface area contributed by atoms with Gasteiger partial charge in [0.2, 0.25) is 0 Å². The Balaban J connectivity index is 1.26. The first-order valence-corrected chi connectivity index (χ1v) is 21.7. The van der Waals surface area contributed by atoms with Crippen molar-refractivity contribution >= 4 is 76.4 Å². The van der Waals surface area contributed by atoms with Crippen molar-refractivity contribution in [3.05, 3.63) is 168 Å². The average Bonchev–Trinajstić information content (AvgIpc) is 3.58. The van der Waals surface area contributed by atoms with Gasteiger partial charge in [0.25, 0.3) is 0 Å². The Morgan fingerprint density at radius 3 is 1.33 bits per heavy atom. The van der Waals surface area contributed by atoms with Gasteiger partial charge in [-0.05, 0) is 143 Å². The highest BCUT2D eigenvalue weighted by atomic mass is 32.1. The maximum atomic E-state index is 2.43. The molecule has 0 aliphatic heterocycles. The van der Waals surface area contributed by atoms with Crippen molar-refractivity contribution in [2.45, 2.75) is 80.1 Å². The zero-order valence-electron chi connectivity index (χ0n) is 34.9. The van der Waals surface area contributed by atoms with Gasteiger partial charge in [0, 0.05) is 59.7 Å². The molecule has 0 unspecified atom stereocenters. The van der Waals surface area contributed by atoms with Crippen LogP contribution in [0.2, 0.25) is 0 Å². The Labute approximate surface area is 344 Å². The van der Waals surface area contributed by atoms with E-state index < -0.39 is 0 Å². The molecule has 7 aromatic carbocycles. The summed E-state index contributed by atoms with van der Waals surface area (Å²) in [4.78, 5) is 4.87. The number of nitrogens with zero attached hydrogens (tertiary/aromatic N) is 2. The Morgan fingerprint density at radius 2 is 0.842 bits per heavy atom. The molecular formula is C54H56N2S. The number of benzene rings is 7. The molecule has 0 bridgehead atoms. The Hall–Kier alpha value is -5.38. The summed E-state index contributed by atoms with van der Waals surface area (Å²) in [6.07, 6.45) is 2.16. The van der Waals surface area contributed by atoms with Gasteiger partial charge in [0.1, 0.15) is 0 Å². The van der Waals surface area contributed by atoms with E-state index in [0.717, 1.165) is 12.8 Å². The summed E-state index contributed by atoms with van der Waals surface area (Å²) in [6, 6.07) is 55.2. The van der Waals surface area contributed by atoms with Crippen LogP contribution in [-0.4, -0.2) is 0 Å². The first kappa shape index (κ1) is 38.5. The number of hydrogen-bond acceptors (Lipinski definition) is 3. The second-order valence-corrected chi connectivity index (χ2v) is 18.4. The lowest BCUT2D eigenvalue weighted by Gasteiger charge is -2.27. The van der Waals surface area contributed by atoms with Crippen molar-refractivity contribution in [1.82, 2.24) is 0 Å². The number of rotatable bonds is 12. The highest BCUT2D eigenvalue weighted by Gasteiger charge is 2.19. The lowest BCUT2D eigenvalue weighted by molar-refractivity contribution is 0.647. The SMILES string of the molecule is CC(C)Cc1ccc(N(c2cccc(C(C)C)c2)c2ccc3sc4c5cc(N(c6ccc(CC(C)C)cc6)c6cccc(C(C)C)c6)ccc5ccc4c3c2)cc1. The van der Waals surface area contributed by atoms with Crippen LogP contribution >= 0.6 is 11.3 Å². The van der Waals surface area contributed by atoms with Crippen LogP contribution in [0.25, 0.3) is 30.9 Å². The van der Waals surface area contributed by atoms with Crippen LogP contribution in [0.1, 0.15) is 89.5 Å². The summed E-state index contributed by atoms with van der Waals surface area (Å²) in [5, 5.41) is 5.14. The quantitative estimate of drug-likeness (QED) is 0.122. The summed E-state index contributed by atoms with van der Waals surface area (Å²) in [5.41, 5.74) is 12.5. The minimum atomic E-state index is 0.444. The smallest absolute Gasteiger partial charge is 0.0468 e. The molecule has 57 heavy (non-hydrogen) atoms. The molecule has 1 aromatic heterocycles. The molecule has 0 radical (unpaired) electrons. The van der Waals surface area contributed by atoms with Gasteiger partial charge in [-0.1, -0.05) is 122 Å². The van der Waals surface area contributed by atoms with E-state index in [1.54, 1.807) is 0 Å². The minimum Gasteiger partial charge on any atom is -0.310 e. The molecule has 0 aliphatic rings. The normalized spacial score (nSPS) is 11.9. The fourth-order valence-corrected chi connectivity index (χ4v) is 9.46. The molecule has 0 saturated carbocycles. The second-order valence-electron chi connectivity index (χ2n) is 17.3. The van der Waals surface area contributed by atoms with E-state index in [2.05, 4.69) is 211 Å². The molecule has 1 heterocycles. The third-order valence-electron chi connectivity index (χ3n) is 11.2. The van der Waals surface area contributed by atoms with Crippen LogP contribution in [-0.2, 0) is 12.8 Å². The zero-order chi connectivity index (χ0) is 39.8. The lowest BCUT2D eigenvalue weighted by Crippen LogP contribution is -2.10. The van der Waals surface area contributed by atoms with Crippen molar-refractivity contribution in [3.63, 3.8) is 0 Å². The van der Waals surface area contributed by atoms with Crippen LogP contribution in [0, 0.1) is 11.8 Å². The van der Waals surface area contributed by atoms with Gasteiger partial charge < -0.3 is 9.80 Å². The molecular weight excluding hydrogens is 709 g/mol. The monoisotopic (exact) mass is 764 g/mol. The fourth-order valence-electron chi connectivity index (χ4n) is 8.25. The molecule has 0 saturated heterocycles. The van der Waals surface area contributed by atoms with Crippen LogP contribution in [0.15, 0.2) is 146 Å². The van der Waals surface area contributed by atoms with Crippen molar-refractivity contribution in [2.24, 2.45) is 11.8 Å². The van der Waals surface area contributed by atoms with Gasteiger partial charge in [0.05, 0.1) is 0 Å². The molecule has 0 N–H and O–H groups in total. The molecule has 288 valence electrons. The molecule has 0 aliphatic carbocycles. The topological polar surface area (TPSA) is 6.48 Å². The van der Waals surface area contributed by atoms with E-state index in [4.69, 9.17) is 0 Å². The van der Waals surface area contributed by atoms with Gasteiger partial charge in [0.15, 0.2) is 0 Å². The van der Waals surface area contributed by atoms with Gasteiger partial charge in [-0.3, -0.25) is 0 Å². The molecule has 2 nitrogen and oxygen atoms in total. The number of hydrogen-bond donors (Lipinski definition) is 0. The van der Waals surface area contributed by atoms with Gasteiger partial charge in [-0.25, -0.2) is 0 Å². The van der Waals surface area contributed by atoms with Crippen molar-refractivity contribution in [2.75, 3.05) is 9.80 Å². The predicted octanol–water partition coefficient (Wildman–Crippen LogP) is 16.8. The van der Waals surface area contributed by atoms with E-state index in [-0.39, 0.29) is 0 Å². The standard InChI is InChI=1S/C54H56N2S/c1-35(2)29-39-15-21-44(22-16-39)55(46-13-9-11-42(31-46)37(5)6)48-25-19-41-20-27-50-52-34-49(26-28-53(52)57-54(50)51(41)33-48)56(47-14-10-12-43(32-47)38(7)8)45-23-17-40(18-24-45)30-36(3)4/h9-28,31-38H,29-30H2,1-8H3. The molecule has 8 rings (SSSR count). The van der Waals surface area contributed by atoms with E-state index >= 15 is 0 Å². The maximum Gasteiger partial charge on any atom is 0.0468 e. The number of fused-ring (bicyclic) bond motifs is 5. The molecule has 0 atom stereocenters. The van der Waals surface area contributed by atoms with Gasteiger partial charge >= 0.3 is 0 Å². The highest BCUT2D eigenvalue weighted by Crippen LogP contribution is 2.45. The highest BCUT2D eigenvalue weighted by molar-refractivity contribution is 7.26. The minimum absolute atomic E-state index is 0.444. The Morgan fingerprint density at radius 1 is 0.404 bits per heavy atom. The first-order valence-electron chi connectivity index (χ1n) is 20.9. The van der Waals surface area contributed by atoms with E-state index in [1.807, 2.05) is 11.3 Å². The molecule has 8 aromatic rings. The van der Waals surface area contributed by atoms with E-state index in [9.17, 15) is 0 Å². The van der Waals surface area contributed by atoms with E-state index in [0.29, 0.717) is 23.7 Å². The Kier molecular flexibility index (Phi) is 11.0. The molecule has 0 amide bonds. The van der Waals surface area contributed by atoms with Crippen molar-refractivity contribution in [3.8, 4) is 0 Å². The number of anilines is 6. The van der Waals surface area contributed by atoms with Crippen molar-refractivity contribution in [1.29, 1.82) is 0 Å². The van der Waals surface area contributed by atoms with E-state index in [1.165, 1.54) is 87.3 Å². The summed E-state index contributed by atoms with van der Waals surface area (Å²) in [5.74, 6) is 2.13. The first-order chi connectivity index (χ1) is 27.5. The lowest BCUT2D eigenvalue weighted by atomic mass is 10.0. The second kappa shape index (κ2) is 16.2. The zero-order valence-corrected chi connectivity index (χ0v) is 35.7. The number of thiophene rings is 1. The molecule has 0 spiro atoms. The van der Waals surface area contributed by atoms with Crippen molar-refractivity contribution < 1.29 is 0 Å². The molecule has 3 heteroatoms. The maximum absolute atomic E-state index is 2.43. The predicted molar refractivity (Wildman–Crippen MR) is 251 cm³/mol. The third kappa shape index (κ3) is 8.09. The average molecular weight is 765 g/mol. The summed E-state index contributed by atoms with van der Waals surface area (Å²) < 4.78 is 2.63.